The average molecular weight is 151 g/mol. The average Bonchev–Trinajstić information content (AvgIpc) is 0.811. The van der Waals surface area contributed by atoms with Gasteiger partial charge in [-0.05, 0) is 0 Å². The van der Waals surface area contributed by atoms with Crippen molar-refractivity contribution in [1.82, 2.24) is 0 Å². The molecule has 3 nitrogen and oxygen atoms in total. The molecule has 4 N–H and O–H groups in total. The van der Waals surface area contributed by atoms with E-state index in [1.165, 1.54) is 0 Å². The van der Waals surface area contributed by atoms with E-state index in [9.17, 15) is 0 Å². The van der Waals surface area contributed by atoms with Crippen LogP contribution in [0, 0.1) is 0 Å². The summed E-state index contributed by atoms with van der Waals surface area (Å²) in [5.74, 6) is 0. The Kier molecular flexibility index (Phi) is 7.43. The van der Waals surface area contributed by atoms with Crippen LogP contribution in [0.4, 0.5) is 4.79 Å². The van der Waals surface area contributed by atoms with E-state index >= 15 is 0 Å². The number of hydrogen-bond donors (Lipinski definition) is 2. The van der Waals surface area contributed by atoms with Gasteiger partial charge in [-0.2, -0.15) is 0 Å². The summed E-state index contributed by atoms with van der Waals surface area (Å²) in [5, 5.41) is 0. The van der Waals surface area contributed by atoms with Gasteiger partial charge in [-0.3, -0.25) is 0 Å². The molecule has 0 aliphatic carbocycles. The van der Waals surface area contributed by atoms with Crippen LogP contribution in [0.3, 0.4) is 0 Å². The van der Waals surface area contributed by atoms with Gasteiger partial charge in [0.1, 0.15) is 0 Å². The summed E-state index contributed by atoms with van der Waals surface area (Å²) >= 11 is 0. The molecular weight excluding hydrogens is 147 g/mol. The minimum absolute atomic E-state index is 0. The predicted octanol–water partition coefficient (Wildman–Crippen LogP) is -0.979. The third kappa shape index (κ3) is 821. The van der Waals surface area contributed by atoms with Crippen LogP contribution in [-0.4, -0.2) is 6.03 Å². The van der Waals surface area contributed by atoms with E-state index in [1.807, 2.05) is 0 Å². The number of amides is 2. The van der Waals surface area contributed by atoms with Crippen LogP contribution in [0.25, 0.3) is 0 Å². The molecule has 0 saturated carbocycles. The van der Waals surface area contributed by atoms with Crippen LogP contribution < -0.4 is 11.5 Å². The molecule has 0 radical (unpaired) electrons. The maximum absolute atomic E-state index is 9.00. The molecule has 2 amide bonds. The van der Waals surface area contributed by atoms with Gasteiger partial charge >= 0.3 is 32.2 Å². The summed E-state index contributed by atoms with van der Waals surface area (Å²) in [5.41, 5.74) is 8.50. The van der Waals surface area contributed by atoms with Crippen LogP contribution >= 0.6 is 0 Å². The second kappa shape index (κ2) is 4.15. The SMILES string of the molecule is NC(N)=O.[Zr+2]. The first-order chi connectivity index (χ1) is 1.73. The van der Waals surface area contributed by atoms with Crippen molar-refractivity contribution in [2.75, 3.05) is 0 Å². The van der Waals surface area contributed by atoms with Crippen molar-refractivity contribution in [1.29, 1.82) is 0 Å². The van der Waals surface area contributed by atoms with Gasteiger partial charge in [-0.15, -0.1) is 0 Å². The third-order valence-corrected chi connectivity index (χ3v) is 0. The zero-order valence-corrected chi connectivity index (χ0v) is 5.02. The van der Waals surface area contributed by atoms with Crippen molar-refractivity contribution in [3.8, 4) is 0 Å². The first-order valence-electron chi connectivity index (χ1n) is 0.781. The molecule has 0 atom stereocenters. The van der Waals surface area contributed by atoms with Gasteiger partial charge in [-0.1, -0.05) is 0 Å². The summed E-state index contributed by atoms with van der Waals surface area (Å²) in [6, 6.07) is -0.833. The van der Waals surface area contributed by atoms with Crippen molar-refractivity contribution in [3.05, 3.63) is 0 Å². The minimum atomic E-state index is -0.833. The van der Waals surface area contributed by atoms with Crippen LogP contribution in [0.5, 0.6) is 0 Å². The molecular formula is CH4N2OZr+2. The van der Waals surface area contributed by atoms with Gasteiger partial charge in [0.25, 0.3) is 0 Å². The van der Waals surface area contributed by atoms with Crippen molar-refractivity contribution in [3.63, 3.8) is 0 Å². The number of carbonyl (C=O) groups is 1. The van der Waals surface area contributed by atoms with Gasteiger partial charge in [-0.25, -0.2) is 4.79 Å². The molecule has 0 aromatic heterocycles. The number of nitrogens with two attached hydrogens (primary N) is 2. The Morgan fingerprint density at radius 3 is 1.40 bits per heavy atom. The zero-order chi connectivity index (χ0) is 3.58. The van der Waals surface area contributed by atoms with Crippen LogP contribution in [-0.2, 0) is 26.2 Å². The summed E-state index contributed by atoms with van der Waals surface area (Å²) < 4.78 is 0. The molecule has 0 fully saturated rings. The maximum atomic E-state index is 9.00. The quantitative estimate of drug-likeness (QED) is 0.459. The van der Waals surface area contributed by atoms with Crippen LogP contribution in [0.15, 0.2) is 0 Å². The van der Waals surface area contributed by atoms with Gasteiger partial charge in [0.15, 0.2) is 0 Å². The number of rotatable bonds is 0. The second-order valence-electron chi connectivity index (χ2n) is 0.402. The van der Waals surface area contributed by atoms with Gasteiger partial charge in [0.05, 0.1) is 0 Å². The number of primary amides is 2. The van der Waals surface area contributed by atoms with Gasteiger partial charge in [0, 0.05) is 0 Å². The van der Waals surface area contributed by atoms with E-state index in [0.29, 0.717) is 0 Å². The largest absolute Gasteiger partial charge is 2.00 e. The monoisotopic (exact) mass is 150 g/mol. The van der Waals surface area contributed by atoms with Crippen molar-refractivity contribution in [2.45, 2.75) is 0 Å². The first kappa shape index (κ1) is 8.94. The Morgan fingerprint density at radius 1 is 1.40 bits per heavy atom. The van der Waals surface area contributed by atoms with Crippen molar-refractivity contribution < 1.29 is 31.0 Å². The van der Waals surface area contributed by atoms with E-state index < -0.39 is 6.03 Å². The first-order valence-corrected chi connectivity index (χ1v) is 0.781. The topological polar surface area (TPSA) is 69.1 Å². The summed E-state index contributed by atoms with van der Waals surface area (Å²) in [7, 11) is 0. The Hall–Kier alpha value is 0.153. The Bertz CT molecular complexity index is 32.6. The molecule has 0 heterocycles. The van der Waals surface area contributed by atoms with E-state index in [-0.39, 0.29) is 26.2 Å². The maximum Gasteiger partial charge on any atom is 2.00 e. The fourth-order valence-corrected chi connectivity index (χ4v) is 0. The fourth-order valence-electron chi connectivity index (χ4n) is 0. The summed E-state index contributed by atoms with van der Waals surface area (Å²) in [4.78, 5) is 9.00. The summed E-state index contributed by atoms with van der Waals surface area (Å²) in [6.07, 6.45) is 0. The van der Waals surface area contributed by atoms with E-state index in [0.717, 1.165) is 0 Å². The Balaban J connectivity index is 0. The fraction of sp³-hybridized carbons (Fsp3) is 0. The van der Waals surface area contributed by atoms with Gasteiger partial charge in [0.2, 0.25) is 0 Å². The standard InChI is InChI=1S/CH4N2O.Zr/c2-1(3)4;/h(H4,2,3,4);/q;+2. The van der Waals surface area contributed by atoms with Gasteiger partial charge < -0.3 is 11.5 Å². The molecule has 0 aromatic rings. The molecule has 5 heavy (non-hydrogen) atoms. The third-order valence-electron chi connectivity index (χ3n) is 0. The number of hydrogen-bond acceptors (Lipinski definition) is 1. The van der Waals surface area contributed by atoms with E-state index in [4.69, 9.17) is 4.79 Å². The molecule has 0 unspecified atom stereocenters. The van der Waals surface area contributed by atoms with Crippen molar-refractivity contribution >= 4 is 6.03 Å². The number of urea groups is 1. The molecule has 0 aromatic carbocycles. The molecule has 0 spiro atoms. The van der Waals surface area contributed by atoms with Crippen molar-refractivity contribution in [2.24, 2.45) is 11.5 Å². The molecule has 0 rings (SSSR count). The molecule has 0 bridgehead atoms. The molecule has 0 saturated heterocycles. The zero-order valence-electron chi connectivity index (χ0n) is 2.56. The van der Waals surface area contributed by atoms with E-state index in [2.05, 4.69) is 11.5 Å². The molecule has 0 aliphatic heterocycles. The molecule has 4 heteroatoms. The molecule has 0 aliphatic rings. The summed E-state index contributed by atoms with van der Waals surface area (Å²) in [6.45, 7) is 0. The van der Waals surface area contributed by atoms with Crippen LogP contribution in [0.2, 0.25) is 0 Å². The Morgan fingerprint density at radius 2 is 1.40 bits per heavy atom. The number of carbonyl (C=O) groups excluding carboxylic acids is 1. The smallest absolute Gasteiger partial charge is 0.352 e. The minimum Gasteiger partial charge on any atom is -0.352 e. The van der Waals surface area contributed by atoms with Crippen LogP contribution in [0.1, 0.15) is 0 Å². The normalized spacial score (nSPS) is 4.80. The van der Waals surface area contributed by atoms with E-state index in [1.54, 1.807) is 0 Å². The Labute approximate surface area is 48.8 Å². The second-order valence-corrected chi connectivity index (χ2v) is 0.402. The predicted molar refractivity (Wildman–Crippen MR) is 13.8 cm³/mol. The molecule has 26 valence electrons.